The van der Waals surface area contributed by atoms with E-state index >= 15 is 0 Å². The first-order chi connectivity index (χ1) is 9.38. The fourth-order valence-corrected chi connectivity index (χ4v) is 1.78. The molecule has 0 spiro atoms. The van der Waals surface area contributed by atoms with Gasteiger partial charge in [0.15, 0.2) is 5.60 Å². The zero-order chi connectivity index (χ0) is 14.8. The summed E-state index contributed by atoms with van der Waals surface area (Å²) in [5, 5.41) is 9.03. The quantitative estimate of drug-likeness (QED) is 0.926. The van der Waals surface area contributed by atoms with E-state index in [0.29, 0.717) is 5.75 Å². The van der Waals surface area contributed by atoms with Crippen molar-refractivity contribution < 1.29 is 14.6 Å². The zero-order valence-electron chi connectivity index (χ0n) is 11.8. The Morgan fingerprint density at radius 3 is 2.35 bits per heavy atom. The molecule has 2 aromatic rings. The van der Waals surface area contributed by atoms with E-state index < -0.39 is 11.6 Å². The van der Waals surface area contributed by atoms with E-state index in [0.717, 1.165) is 16.8 Å². The van der Waals surface area contributed by atoms with Crippen molar-refractivity contribution in [1.29, 1.82) is 0 Å². The van der Waals surface area contributed by atoms with E-state index in [4.69, 9.17) is 9.84 Å². The topological polar surface area (TPSA) is 59.4 Å². The summed E-state index contributed by atoms with van der Waals surface area (Å²) in [7, 11) is 0. The summed E-state index contributed by atoms with van der Waals surface area (Å²) in [6.07, 6.45) is 1.77. The van der Waals surface area contributed by atoms with Crippen LogP contribution >= 0.6 is 0 Å². The molecule has 0 saturated heterocycles. The molecule has 2 rings (SSSR count). The van der Waals surface area contributed by atoms with Crippen LogP contribution in [-0.2, 0) is 4.79 Å². The third-order valence-electron chi connectivity index (χ3n) is 2.97. The van der Waals surface area contributed by atoms with Crippen LogP contribution in [0.1, 0.15) is 19.5 Å². The Bertz CT molecular complexity index is 618. The number of rotatable bonds is 4. The largest absolute Gasteiger partial charge is 0.478 e. The first-order valence-electron chi connectivity index (χ1n) is 6.34. The molecular formula is C16H17NO3. The number of benzene rings is 1. The minimum Gasteiger partial charge on any atom is -0.478 e. The van der Waals surface area contributed by atoms with Gasteiger partial charge in [0.1, 0.15) is 5.75 Å². The minimum absolute atomic E-state index is 0.534. The molecule has 1 aromatic carbocycles. The minimum atomic E-state index is -1.24. The van der Waals surface area contributed by atoms with Crippen molar-refractivity contribution in [1.82, 2.24) is 4.98 Å². The summed E-state index contributed by atoms with van der Waals surface area (Å²) in [5.41, 5.74) is 1.82. The number of hydrogen-bond donors (Lipinski definition) is 1. The molecule has 20 heavy (non-hydrogen) atoms. The van der Waals surface area contributed by atoms with Crippen LogP contribution in [0, 0.1) is 6.92 Å². The monoisotopic (exact) mass is 271 g/mol. The maximum Gasteiger partial charge on any atom is 0.347 e. The van der Waals surface area contributed by atoms with Gasteiger partial charge in [0.05, 0.1) is 0 Å². The van der Waals surface area contributed by atoms with E-state index in [9.17, 15) is 4.79 Å². The number of hydrogen-bond acceptors (Lipinski definition) is 3. The van der Waals surface area contributed by atoms with Gasteiger partial charge in [-0.3, -0.25) is 4.98 Å². The molecule has 0 aliphatic heterocycles. The standard InChI is InChI=1S/C16H17NO3/c1-11-10-13(8-9-17-11)12-4-6-14(7-5-12)20-16(2,3)15(18)19/h4-10H,1-3H3,(H,18,19). The third kappa shape index (κ3) is 3.15. The first kappa shape index (κ1) is 14.1. The number of aromatic nitrogens is 1. The smallest absolute Gasteiger partial charge is 0.347 e. The molecule has 0 aliphatic rings. The Hall–Kier alpha value is -2.36. The number of ether oxygens (including phenoxy) is 1. The van der Waals surface area contributed by atoms with Gasteiger partial charge in [0.25, 0.3) is 0 Å². The Balaban J connectivity index is 2.21. The highest BCUT2D eigenvalue weighted by Gasteiger charge is 2.29. The maximum atomic E-state index is 11.0. The second-order valence-corrected chi connectivity index (χ2v) is 5.13. The normalized spacial score (nSPS) is 11.2. The van der Waals surface area contributed by atoms with E-state index in [1.165, 1.54) is 13.8 Å². The van der Waals surface area contributed by atoms with E-state index in [-0.39, 0.29) is 0 Å². The predicted molar refractivity (Wildman–Crippen MR) is 76.8 cm³/mol. The summed E-state index contributed by atoms with van der Waals surface area (Å²) >= 11 is 0. The summed E-state index contributed by atoms with van der Waals surface area (Å²) in [4.78, 5) is 15.2. The third-order valence-corrected chi connectivity index (χ3v) is 2.97. The molecule has 4 heteroatoms. The molecule has 0 radical (unpaired) electrons. The summed E-state index contributed by atoms with van der Waals surface area (Å²) in [5.74, 6) is -0.460. The van der Waals surface area contributed by atoms with Gasteiger partial charge in [0, 0.05) is 11.9 Å². The predicted octanol–water partition coefficient (Wildman–Crippen LogP) is 3.30. The number of pyridine rings is 1. The van der Waals surface area contributed by atoms with Gasteiger partial charge in [0.2, 0.25) is 0 Å². The molecule has 0 amide bonds. The number of aliphatic carboxylic acids is 1. The molecule has 0 bridgehead atoms. The van der Waals surface area contributed by atoms with Crippen molar-refractivity contribution in [2.45, 2.75) is 26.4 Å². The Labute approximate surface area is 118 Å². The summed E-state index contributed by atoms with van der Waals surface area (Å²) in [6, 6.07) is 11.3. The van der Waals surface area contributed by atoms with Gasteiger partial charge < -0.3 is 9.84 Å². The first-order valence-corrected chi connectivity index (χ1v) is 6.34. The molecule has 0 unspecified atom stereocenters. The molecule has 104 valence electrons. The molecular weight excluding hydrogens is 254 g/mol. The van der Waals surface area contributed by atoms with Gasteiger partial charge in [-0.15, -0.1) is 0 Å². The molecule has 0 saturated carbocycles. The lowest BCUT2D eigenvalue weighted by Gasteiger charge is -2.21. The maximum absolute atomic E-state index is 11.0. The summed E-state index contributed by atoms with van der Waals surface area (Å²) < 4.78 is 5.47. The van der Waals surface area contributed by atoms with Crippen LogP contribution in [0.25, 0.3) is 11.1 Å². The van der Waals surface area contributed by atoms with Crippen LogP contribution in [0.3, 0.4) is 0 Å². The van der Waals surface area contributed by atoms with Gasteiger partial charge in [-0.05, 0) is 56.2 Å². The second-order valence-electron chi connectivity index (χ2n) is 5.13. The Morgan fingerprint density at radius 1 is 1.15 bits per heavy atom. The van der Waals surface area contributed by atoms with Crippen molar-refractivity contribution in [2.24, 2.45) is 0 Å². The molecule has 1 heterocycles. The van der Waals surface area contributed by atoms with Crippen molar-refractivity contribution in [2.75, 3.05) is 0 Å². The van der Waals surface area contributed by atoms with Crippen LogP contribution in [0.15, 0.2) is 42.6 Å². The van der Waals surface area contributed by atoms with Crippen LogP contribution in [0.4, 0.5) is 0 Å². The SMILES string of the molecule is Cc1cc(-c2ccc(OC(C)(C)C(=O)O)cc2)ccn1. The molecule has 0 atom stereocenters. The van der Waals surface area contributed by atoms with Gasteiger partial charge in [-0.1, -0.05) is 12.1 Å². The molecule has 0 fully saturated rings. The van der Waals surface area contributed by atoms with E-state index in [1.807, 2.05) is 31.2 Å². The van der Waals surface area contributed by atoms with Gasteiger partial charge >= 0.3 is 5.97 Å². The molecule has 1 N–H and O–H groups in total. The molecule has 4 nitrogen and oxygen atoms in total. The van der Waals surface area contributed by atoms with Crippen LogP contribution < -0.4 is 4.74 Å². The van der Waals surface area contributed by atoms with Crippen LogP contribution in [-0.4, -0.2) is 21.7 Å². The number of aryl methyl sites for hydroxylation is 1. The van der Waals surface area contributed by atoms with Crippen molar-refractivity contribution in [3.8, 4) is 16.9 Å². The lowest BCUT2D eigenvalue weighted by Crippen LogP contribution is -2.37. The average Bonchev–Trinajstić information content (AvgIpc) is 2.39. The highest BCUT2D eigenvalue weighted by atomic mass is 16.5. The van der Waals surface area contributed by atoms with Crippen LogP contribution in [0.5, 0.6) is 5.75 Å². The van der Waals surface area contributed by atoms with Crippen molar-refractivity contribution >= 4 is 5.97 Å². The number of carboxylic acid groups (broad SMARTS) is 1. The van der Waals surface area contributed by atoms with Crippen molar-refractivity contribution in [3.05, 3.63) is 48.3 Å². The van der Waals surface area contributed by atoms with E-state index in [1.54, 1.807) is 18.3 Å². The van der Waals surface area contributed by atoms with Crippen LogP contribution in [0.2, 0.25) is 0 Å². The highest BCUT2D eigenvalue weighted by molar-refractivity contribution is 5.76. The lowest BCUT2D eigenvalue weighted by atomic mass is 10.1. The Morgan fingerprint density at radius 2 is 1.80 bits per heavy atom. The number of carbonyl (C=O) groups is 1. The molecule has 1 aromatic heterocycles. The number of nitrogens with zero attached hydrogens (tertiary/aromatic N) is 1. The van der Waals surface area contributed by atoms with Gasteiger partial charge in [-0.2, -0.15) is 0 Å². The number of carboxylic acids is 1. The van der Waals surface area contributed by atoms with Crippen molar-refractivity contribution in [3.63, 3.8) is 0 Å². The summed E-state index contributed by atoms with van der Waals surface area (Å²) in [6.45, 7) is 4.99. The fourth-order valence-electron chi connectivity index (χ4n) is 1.78. The second kappa shape index (κ2) is 5.33. The lowest BCUT2D eigenvalue weighted by molar-refractivity contribution is -0.152. The Kier molecular flexibility index (Phi) is 3.74. The highest BCUT2D eigenvalue weighted by Crippen LogP contribution is 2.24. The van der Waals surface area contributed by atoms with Gasteiger partial charge in [-0.25, -0.2) is 4.79 Å². The molecule has 0 aliphatic carbocycles. The zero-order valence-corrected chi connectivity index (χ0v) is 11.8. The van der Waals surface area contributed by atoms with E-state index in [2.05, 4.69) is 4.98 Å². The fraction of sp³-hybridized carbons (Fsp3) is 0.250. The average molecular weight is 271 g/mol.